The molecule has 0 nitrogen and oxygen atoms in total. The summed E-state index contributed by atoms with van der Waals surface area (Å²) in [7, 11) is 0. The molecule has 0 radical (unpaired) electrons. The second-order valence-corrected chi connectivity index (χ2v) is 7.10. The number of fused-ring (bicyclic) bond motifs is 2. The molecule has 0 N–H and O–H groups in total. The SMILES string of the molecule is ClCC1(Cc2ccc(Cl)cc2Cl)CC2CCC1C2. The Bertz CT molecular complexity index is 457. The molecule has 3 unspecified atom stereocenters. The Balaban J connectivity index is 1.86. The van der Waals surface area contributed by atoms with Gasteiger partial charge < -0.3 is 0 Å². The van der Waals surface area contributed by atoms with Gasteiger partial charge in [0.1, 0.15) is 0 Å². The van der Waals surface area contributed by atoms with Gasteiger partial charge >= 0.3 is 0 Å². The fraction of sp³-hybridized carbons (Fsp3) is 0.600. The Morgan fingerprint density at radius 3 is 2.61 bits per heavy atom. The van der Waals surface area contributed by atoms with Crippen molar-refractivity contribution in [3.05, 3.63) is 33.8 Å². The molecule has 0 heterocycles. The molecule has 3 rings (SSSR count). The molecule has 3 atom stereocenters. The predicted octanol–water partition coefficient (Wildman–Crippen LogP) is 5.58. The van der Waals surface area contributed by atoms with Gasteiger partial charge in [-0.25, -0.2) is 0 Å². The van der Waals surface area contributed by atoms with E-state index in [-0.39, 0.29) is 5.41 Å². The van der Waals surface area contributed by atoms with E-state index in [2.05, 4.69) is 6.07 Å². The first-order chi connectivity index (χ1) is 8.63. The molecular formula is C15H17Cl3. The van der Waals surface area contributed by atoms with Crippen LogP contribution in [-0.4, -0.2) is 5.88 Å². The first-order valence-corrected chi connectivity index (χ1v) is 7.92. The number of hydrogen-bond acceptors (Lipinski definition) is 0. The van der Waals surface area contributed by atoms with Gasteiger partial charge in [-0.1, -0.05) is 35.7 Å². The van der Waals surface area contributed by atoms with Crippen molar-refractivity contribution in [2.75, 3.05) is 5.88 Å². The summed E-state index contributed by atoms with van der Waals surface area (Å²) in [6.07, 6.45) is 6.41. The molecule has 3 heteroatoms. The van der Waals surface area contributed by atoms with Gasteiger partial charge in [-0.05, 0) is 60.6 Å². The quantitative estimate of drug-likeness (QED) is 0.639. The van der Waals surface area contributed by atoms with Gasteiger partial charge in [0, 0.05) is 15.9 Å². The van der Waals surface area contributed by atoms with E-state index in [1.54, 1.807) is 0 Å². The molecule has 2 aliphatic rings. The zero-order valence-electron chi connectivity index (χ0n) is 10.3. The van der Waals surface area contributed by atoms with Crippen molar-refractivity contribution in [3.63, 3.8) is 0 Å². The predicted molar refractivity (Wildman–Crippen MR) is 78.8 cm³/mol. The van der Waals surface area contributed by atoms with Crippen LogP contribution in [0.4, 0.5) is 0 Å². The molecule has 0 spiro atoms. The van der Waals surface area contributed by atoms with Crippen LogP contribution in [0.2, 0.25) is 10.0 Å². The third-order valence-electron chi connectivity index (χ3n) is 4.93. The molecule has 0 amide bonds. The van der Waals surface area contributed by atoms with E-state index in [1.165, 1.54) is 31.2 Å². The van der Waals surface area contributed by atoms with Gasteiger partial charge in [-0.3, -0.25) is 0 Å². The molecule has 1 aromatic rings. The van der Waals surface area contributed by atoms with Crippen molar-refractivity contribution in [2.45, 2.75) is 32.1 Å². The Morgan fingerprint density at radius 1 is 1.22 bits per heavy atom. The number of rotatable bonds is 3. The van der Waals surface area contributed by atoms with Crippen molar-refractivity contribution < 1.29 is 0 Å². The normalized spacial score (nSPS) is 34.2. The van der Waals surface area contributed by atoms with Crippen LogP contribution >= 0.6 is 34.8 Å². The largest absolute Gasteiger partial charge is 0.126 e. The van der Waals surface area contributed by atoms with E-state index in [4.69, 9.17) is 34.8 Å². The van der Waals surface area contributed by atoms with Crippen LogP contribution in [0, 0.1) is 17.3 Å². The van der Waals surface area contributed by atoms with Gasteiger partial charge in [0.15, 0.2) is 0 Å². The van der Waals surface area contributed by atoms with E-state index >= 15 is 0 Å². The summed E-state index contributed by atoms with van der Waals surface area (Å²) < 4.78 is 0. The first kappa shape index (κ1) is 13.1. The summed E-state index contributed by atoms with van der Waals surface area (Å²) in [6.45, 7) is 0. The fourth-order valence-electron chi connectivity index (χ4n) is 4.03. The molecule has 0 saturated heterocycles. The monoisotopic (exact) mass is 302 g/mol. The second-order valence-electron chi connectivity index (χ2n) is 5.99. The number of benzene rings is 1. The number of alkyl halides is 1. The van der Waals surface area contributed by atoms with Gasteiger partial charge in [0.25, 0.3) is 0 Å². The average Bonchev–Trinajstić information content (AvgIpc) is 2.93. The van der Waals surface area contributed by atoms with Crippen molar-refractivity contribution >= 4 is 34.8 Å². The lowest BCUT2D eigenvalue weighted by Crippen LogP contribution is -2.32. The summed E-state index contributed by atoms with van der Waals surface area (Å²) in [5, 5.41) is 1.49. The molecule has 1 aromatic carbocycles. The van der Waals surface area contributed by atoms with Crippen LogP contribution in [0.1, 0.15) is 31.2 Å². The smallest absolute Gasteiger partial charge is 0.0453 e. The molecule has 18 heavy (non-hydrogen) atoms. The molecule has 2 saturated carbocycles. The van der Waals surface area contributed by atoms with E-state index in [0.717, 1.165) is 29.2 Å². The fourth-order valence-corrected chi connectivity index (χ4v) is 4.93. The Hall–Kier alpha value is 0.0900. The highest BCUT2D eigenvalue weighted by Gasteiger charge is 2.50. The maximum Gasteiger partial charge on any atom is 0.0453 e. The minimum absolute atomic E-state index is 0.280. The van der Waals surface area contributed by atoms with Crippen molar-refractivity contribution in [3.8, 4) is 0 Å². The summed E-state index contributed by atoms with van der Waals surface area (Å²) in [5.74, 6) is 2.46. The average molecular weight is 304 g/mol. The molecule has 0 aromatic heterocycles. The summed E-state index contributed by atoms with van der Waals surface area (Å²) >= 11 is 18.6. The maximum atomic E-state index is 6.32. The zero-order chi connectivity index (χ0) is 12.8. The van der Waals surface area contributed by atoms with Crippen LogP contribution < -0.4 is 0 Å². The molecule has 98 valence electrons. The van der Waals surface area contributed by atoms with Crippen LogP contribution in [0.15, 0.2) is 18.2 Å². The second kappa shape index (κ2) is 4.89. The summed E-state index contributed by atoms with van der Waals surface area (Å²) in [6, 6.07) is 5.83. The first-order valence-electron chi connectivity index (χ1n) is 6.63. The highest BCUT2D eigenvalue weighted by atomic mass is 35.5. The maximum absolute atomic E-state index is 6.32. The van der Waals surface area contributed by atoms with E-state index < -0.39 is 0 Å². The lowest BCUT2D eigenvalue weighted by molar-refractivity contribution is 0.193. The topological polar surface area (TPSA) is 0 Å². The van der Waals surface area contributed by atoms with Crippen molar-refractivity contribution in [2.24, 2.45) is 17.3 Å². The van der Waals surface area contributed by atoms with E-state index in [9.17, 15) is 0 Å². The van der Waals surface area contributed by atoms with Gasteiger partial charge in [0.2, 0.25) is 0 Å². The van der Waals surface area contributed by atoms with Crippen molar-refractivity contribution in [1.29, 1.82) is 0 Å². The molecule has 2 aliphatic carbocycles. The summed E-state index contributed by atoms with van der Waals surface area (Å²) in [5.41, 5.74) is 1.48. The van der Waals surface area contributed by atoms with Crippen LogP contribution in [0.25, 0.3) is 0 Å². The minimum atomic E-state index is 0.280. The van der Waals surface area contributed by atoms with Crippen molar-refractivity contribution in [1.82, 2.24) is 0 Å². The van der Waals surface area contributed by atoms with Gasteiger partial charge in [0.05, 0.1) is 0 Å². The lowest BCUT2D eigenvalue weighted by Gasteiger charge is -2.36. The molecular weight excluding hydrogens is 287 g/mol. The Labute approximate surface area is 124 Å². The van der Waals surface area contributed by atoms with E-state index in [1.807, 2.05) is 12.1 Å². The number of hydrogen-bond donors (Lipinski definition) is 0. The van der Waals surface area contributed by atoms with E-state index in [0.29, 0.717) is 5.02 Å². The van der Waals surface area contributed by atoms with Crippen LogP contribution in [0.5, 0.6) is 0 Å². The molecule has 0 aliphatic heterocycles. The Kier molecular flexibility index (Phi) is 3.55. The van der Waals surface area contributed by atoms with Gasteiger partial charge in [-0.2, -0.15) is 0 Å². The third kappa shape index (κ3) is 2.17. The Morgan fingerprint density at radius 2 is 2.06 bits per heavy atom. The van der Waals surface area contributed by atoms with Crippen LogP contribution in [-0.2, 0) is 6.42 Å². The molecule has 2 bridgehead atoms. The minimum Gasteiger partial charge on any atom is -0.126 e. The standard InChI is InChI=1S/C15H17Cl3/c16-9-15(7-10-1-3-12(15)5-10)8-11-2-4-13(17)6-14(11)18/h2,4,6,10,12H,1,3,5,7-9H2. The van der Waals surface area contributed by atoms with Crippen LogP contribution in [0.3, 0.4) is 0 Å². The van der Waals surface area contributed by atoms with Gasteiger partial charge in [-0.15, -0.1) is 11.6 Å². The lowest BCUT2D eigenvalue weighted by atomic mass is 9.71. The third-order valence-corrected chi connectivity index (χ3v) is 6.05. The number of halogens is 3. The molecule has 2 fully saturated rings. The highest BCUT2D eigenvalue weighted by molar-refractivity contribution is 6.35. The highest BCUT2D eigenvalue weighted by Crippen LogP contribution is 2.58. The summed E-state index contributed by atoms with van der Waals surface area (Å²) in [4.78, 5) is 0. The zero-order valence-corrected chi connectivity index (χ0v) is 12.5.